The van der Waals surface area contributed by atoms with Crippen LogP contribution >= 0.6 is 0 Å². The Morgan fingerprint density at radius 1 is 1.30 bits per heavy atom. The Bertz CT molecular complexity index is 846. The van der Waals surface area contributed by atoms with Gasteiger partial charge >= 0.3 is 0 Å². The number of hydrogen-bond donors (Lipinski definition) is 2. The smallest absolute Gasteiger partial charge is 0.213 e. The maximum atomic E-state index is 5.70. The number of nitrogens with zero attached hydrogens (tertiary/aromatic N) is 5. The molecule has 30 heavy (non-hydrogen) atoms. The summed E-state index contributed by atoms with van der Waals surface area (Å²) in [6.07, 6.45) is 6.28. The number of ether oxygens (including phenoxy) is 2. The maximum absolute atomic E-state index is 5.70. The molecule has 2 aliphatic rings. The van der Waals surface area contributed by atoms with E-state index < -0.39 is 0 Å². The molecule has 0 saturated heterocycles. The predicted molar refractivity (Wildman–Crippen MR) is 113 cm³/mol. The van der Waals surface area contributed by atoms with Crippen molar-refractivity contribution in [3.63, 3.8) is 0 Å². The molecular formula is C21H31N7O2. The maximum Gasteiger partial charge on any atom is 0.213 e. The monoisotopic (exact) mass is 413 g/mol. The Balaban J connectivity index is 1.32. The van der Waals surface area contributed by atoms with Crippen LogP contribution in [0.3, 0.4) is 0 Å². The second-order valence-corrected chi connectivity index (χ2v) is 7.89. The third-order valence-electron chi connectivity index (χ3n) is 5.24. The van der Waals surface area contributed by atoms with E-state index in [-0.39, 0.29) is 6.04 Å². The molecule has 0 spiro atoms. The number of nitrogens with one attached hydrogen (secondary N) is 2. The van der Waals surface area contributed by atoms with Crippen molar-refractivity contribution in [2.24, 2.45) is 10.9 Å². The minimum Gasteiger partial charge on any atom is -0.477 e. The lowest BCUT2D eigenvalue weighted by Crippen LogP contribution is -2.47. The summed E-state index contributed by atoms with van der Waals surface area (Å²) in [5, 5.41) is 11.4. The predicted octanol–water partition coefficient (Wildman–Crippen LogP) is 1.68. The lowest BCUT2D eigenvalue weighted by atomic mass is 10.1. The van der Waals surface area contributed by atoms with Crippen LogP contribution in [0.4, 0.5) is 0 Å². The van der Waals surface area contributed by atoms with Crippen molar-refractivity contribution in [1.29, 1.82) is 0 Å². The summed E-state index contributed by atoms with van der Waals surface area (Å²) in [5.41, 5.74) is 1.05. The van der Waals surface area contributed by atoms with Crippen molar-refractivity contribution < 1.29 is 9.47 Å². The van der Waals surface area contributed by atoms with Gasteiger partial charge in [0.05, 0.1) is 19.7 Å². The normalized spacial score (nSPS) is 18.7. The largest absolute Gasteiger partial charge is 0.477 e. The average molecular weight is 414 g/mol. The van der Waals surface area contributed by atoms with Crippen LogP contribution in [-0.2, 0) is 30.9 Å². The van der Waals surface area contributed by atoms with Gasteiger partial charge in [0.25, 0.3) is 0 Å². The summed E-state index contributed by atoms with van der Waals surface area (Å²) in [6, 6.07) is 4.21. The molecular weight excluding hydrogens is 382 g/mol. The quantitative estimate of drug-likeness (QED) is 0.477. The van der Waals surface area contributed by atoms with E-state index in [4.69, 9.17) is 14.5 Å². The Morgan fingerprint density at radius 3 is 2.93 bits per heavy atom. The minimum atomic E-state index is 0.253. The fraction of sp³-hybridized carbons (Fsp3) is 0.619. The minimum absolute atomic E-state index is 0.253. The van der Waals surface area contributed by atoms with Gasteiger partial charge in [0.1, 0.15) is 12.4 Å². The van der Waals surface area contributed by atoms with Gasteiger partial charge in [-0.2, -0.15) is 5.10 Å². The lowest BCUT2D eigenvalue weighted by molar-refractivity contribution is 0.177. The van der Waals surface area contributed by atoms with Crippen LogP contribution in [-0.4, -0.2) is 52.0 Å². The topological polar surface area (TPSA) is 98.5 Å². The molecule has 1 saturated carbocycles. The second kappa shape index (κ2) is 9.88. The highest BCUT2D eigenvalue weighted by Crippen LogP contribution is 2.29. The highest BCUT2D eigenvalue weighted by molar-refractivity contribution is 5.80. The number of aromatic nitrogens is 4. The SMILES string of the molecule is CCNC(=NCc1ccc(OCC2CC2)nc1)NC1CCc2nc(COC)nn2C1. The van der Waals surface area contributed by atoms with Gasteiger partial charge in [-0.1, -0.05) is 6.07 Å². The molecule has 0 aromatic carbocycles. The third-order valence-corrected chi connectivity index (χ3v) is 5.24. The first-order valence-corrected chi connectivity index (χ1v) is 10.8. The molecule has 1 aliphatic carbocycles. The average Bonchev–Trinajstić information content (AvgIpc) is 3.50. The number of fused-ring (bicyclic) bond motifs is 1. The van der Waals surface area contributed by atoms with E-state index in [1.807, 2.05) is 23.0 Å². The van der Waals surface area contributed by atoms with Gasteiger partial charge in [0, 0.05) is 38.4 Å². The molecule has 162 valence electrons. The lowest BCUT2D eigenvalue weighted by Gasteiger charge is -2.25. The first-order chi connectivity index (χ1) is 14.7. The van der Waals surface area contributed by atoms with E-state index in [2.05, 4.69) is 32.6 Å². The van der Waals surface area contributed by atoms with Crippen LogP contribution in [0.5, 0.6) is 5.88 Å². The van der Waals surface area contributed by atoms with E-state index in [0.29, 0.717) is 19.0 Å². The van der Waals surface area contributed by atoms with E-state index >= 15 is 0 Å². The Hall–Kier alpha value is -2.68. The van der Waals surface area contributed by atoms with Gasteiger partial charge in [0.15, 0.2) is 11.8 Å². The van der Waals surface area contributed by atoms with Gasteiger partial charge in [-0.3, -0.25) is 0 Å². The van der Waals surface area contributed by atoms with Crippen LogP contribution in [0, 0.1) is 5.92 Å². The number of methoxy groups -OCH3 is 1. The first kappa shape index (κ1) is 20.6. The molecule has 0 amide bonds. The van der Waals surface area contributed by atoms with E-state index in [0.717, 1.165) is 61.6 Å². The van der Waals surface area contributed by atoms with Gasteiger partial charge in [-0.25, -0.2) is 19.6 Å². The zero-order valence-corrected chi connectivity index (χ0v) is 17.8. The number of hydrogen-bond acceptors (Lipinski definition) is 6. The highest BCUT2D eigenvalue weighted by Gasteiger charge is 2.23. The van der Waals surface area contributed by atoms with E-state index in [9.17, 15) is 0 Å². The zero-order chi connectivity index (χ0) is 20.8. The van der Waals surface area contributed by atoms with Gasteiger partial charge in [0.2, 0.25) is 5.88 Å². The zero-order valence-electron chi connectivity index (χ0n) is 17.8. The molecule has 1 fully saturated rings. The summed E-state index contributed by atoms with van der Waals surface area (Å²) in [7, 11) is 1.66. The van der Waals surface area contributed by atoms with Gasteiger partial charge in [-0.15, -0.1) is 0 Å². The Morgan fingerprint density at radius 2 is 2.20 bits per heavy atom. The molecule has 3 heterocycles. The van der Waals surface area contributed by atoms with E-state index in [1.165, 1.54) is 12.8 Å². The number of rotatable bonds is 9. The molecule has 1 atom stereocenters. The summed E-state index contributed by atoms with van der Waals surface area (Å²) in [6.45, 7) is 5.42. The molecule has 2 N–H and O–H groups in total. The number of pyridine rings is 1. The fourth-order valence-corrected chi connectivity index (χ4v) is 3.43. The first-order valence-electron chi connectivity index (χ1n) is 10.8. The van der Waals surface area contributed by atoms with Crippen LogP contribution in [0.25, 0.3) is 0 Å². The van der Waals surface area contributed by atoms with Crippen LogP contribution in [0.2, 0.25) is 0 Å². The van der Waals surface area contributed by atoms with Crippen LogP contribution < -0.4 is 15.4 Å². The number of aliphatic imine (C=N–C) groups is 1. The van der Waals surface area contributed by atoms with Gasteiger partial charge < -0.3 is 20.1 Å². The highest BCUT2D eigenvalue weighted by atomic mass is 16.5. The molecule has 0 radical (unpaired) electrons. The molecule has 1 aliphatic heterocycles. The molecule has 9 heteroatoms. The van der Waals surface area contributed by atoms with Crippen molar-refractivity contribution in [3.8, 4) is 5.88 Å². The van der Waals surface area contributed by atoms with Crippen molar-refractivity contribution >= 4 is 5.96 Å². The molecule has 2 aromatic heterocycles. The summed E-state index contributed by atoms with van der Waals surface area (Å²) in [5.74, 6) is 3.99. The Labute approximate surface area is 177 Å². The van der Waals surface area contributed by atoms with Crippen molar-refractivity contribution in [2.45, 2.75) is 58.3 Å². The fourth-order valence-electron chi connectivity index (χ4n) is 3.43. The van der Waals surface area contributed by atoms with Gasteiger partial charge in [-0.05, 0) is 37.7 Å². The van der Waals surface area contributed by atoms with E-state index in [1.54, 1.807) is 7.11 Å². The molecule has 4 rings (SSSR count). The van der Waals surface area contributed by atoms with Crippen molar-refractivity contribution in [2.75, 3.05) is 20.3 Å². The molecule has 1 unspecified atom stereocenters. The molecule has 9 nitrogen and oxygen atoms in total. The molecule has 2 aromatic rings. The van der Waals surface area contributed by atoms with Crippen molar-refractivity contribution in [1.82, 2.24) is 30.4 Å². The van der Waals surface area contributed by atoms with Crippen LogP contribution in [0.1, 0.15) is 43.4 Å². The third kappa shape index (κ3) is 5.69. The number of aryl methyl sites for hydroxylation is 1. The summed E-state index contributed by atoms with van der Waals surface area (Å²) < 4.78 is 12.8. The second-order valence-electron chi connectivity index (χ2n) is 7.89. The summed E-state index contributed by atoms with van der Waals surface area (Å²) in [4.78, 5) is 13.7. The molecule has 0 bridgehead atoms. The summed E-state index contributed by atoms with van der Waals surface area (Å²) >= 11 is 0. The Kier molecular flexibility index (Phi) is 6.78. The standard InChI is InChI=1S/C21H31N7O2/c1-3-22-21(24-11-16-6-9-20(23-10-16)30-13-15-4-5-15)25-17-7-8-19-26-18(14-29-2)27-28(19)12-17/h6,9-10,15,17H,3-5,7-8,11-14H2,1-2H3,(H2,22,24,25). The van der Waals surface area contributed by atoms with Crippen molar-refractivity contribution in [3.05, 3.63) is 35.5 Å². The van der Waals surface area contributed by atoms with Crippen LogP contribution in [0.15, 0.2) is 23.3 Å². The number of guanidine groups is 1.